The first-order chi connectivity index (χ1) is 12.6. The van der Waals surface area contributed by atoms with Gasteiger partial charge >= 0.3 is 0 Å². The lowest BCUT2D eigenvalue weighted by Crippen LogP contribution is -2.31. The van der Waals surface area contributed by atoms with E-state index in [1.54, 1.807) is 34.9 Å². The smallest absolute Gasteiger partial charge is 0.261 e. The second-order valence-corrected chi connectivity index (χ2v) is 6.04. The molecule has 1 aromatic carbocycles. The molecule has 0 fully saturated rings. The number of hydrogen-bond donors (Lipinski definition) is 1. The Morgan fingerprint density at radius 2 is 1.69 bits per heavy atom. The lowest BCUT2D eigenvalue weighted by Gasteiger charge is -2.13. The van der Waals surface area contributed by atoms with Crippen LogP contribution in [0, 0.1) is 0 Å². The van der Waals surface area contributed by atoms with Crippen molar-refractivity contribution in [1.82, 2.24) is 14.3 Å². The normalized spacial score (nSPS) is 13.3. The lowest BCUT2D eigenvalue weighted by atomic mass is 10.1. The van der Waals surface area contributed by atoms with Crippen LogP contribution in [-0.2, 0) is 4.79 Å². The Labute approximate surface area is 149 Å². The van der Waals surface area contributed by atoms with Gasteiger partial charge in [-0.15, -0.1) is 0 Å². The van der Waals surface area contributed by atoms with Crippen molar-refractivity contribution in [3.63, 3.8) is 0 Å². The average molecular weight is 348 g/mol. The molecule has 26 heavy (non-hydrogen) atoms. The number of nitrogens with one attached hydrogen (secondary N) is 1. The molecule has 0 bridgehead atoms. The van der Waals surface area contributed by atoms with Crippen molar-refractivity contribution in [3.05, 3.63) is 66.0 Å². The standard InChI is InChI=1S/C19H16N4O3/c24-16(21-19-20-12-13-6-3-4-10-22(13)19)9-5-11-23-17(25)14-7-1-2-8-15(14)18(23)26/h1-4,6-8,10,12H,5,9,11H2,(H,20,21,24). The first kappa shape index (κ1) is 16.0. The lowest BCUT2D eigenvalue weighted by molar-refractivity contribution is -0.116. The summed E-state index contributed by atoms with van der Waals surface area (Å²) in [5.41, 5.74) is 1.73. The van der Waals surface area contributed by atoms with Crippen LogP contribution in [0.25, 0.3) is 5.52 Å². The van der Waals surface area contributed by atoms with Gasteiger partial charge in [0.15, 0.2) is 0 Å². The van der Waals surface area contributed by atoms with Crippen molar-refractivity contribution >= 4 is 29.2 Å². The largest absolute Gasteiger partial charge is 0.296 e. The second kappa shape index (κ2) is 6.44. The maximum Gasteiger partial charge on any atom is 0.261 e. The topological polar surface area (TPSA) is 83.8 Å². The Bertz CT molecular complexity index is 989. The predicted molar refractivity (Wildman–Crippen MR) is 94.9 cm³/mol. The molecule has 4 rings (SSSR count). The van der Waals surface area contributed by atoms with E-state index < -0.39 is 0 Å². The van der Waals surface area contributed by atoms with E-state index in [2.05, 4.69) is 10.3 Å². The third kappa shape index (κ3) is 2.73. The number of hydrogen-bond acceptors (Lipinski definition) is 4. The molecule has 0 saturated carbocycles. The van der Waals surface area contributed by atoms with Crippen LogP contribution in [0.2, 0.25) is 0 Å². The van der Waals surface area contributed by atoms with E-state index in [0.717, 1.165) is 5.52 Å². The first-order valence-electron chi connectivity index (χ1n) is 8.32. The van der Waals surface area contributed by atoms with Crippen molar-refractivity contribution in [2.45, 2.75) is 12.8 Å². The van der Waals surface area contributed by atoms with Crippen LogP contribution in [-0.4, -0.2) is 38.6 Å². The van der Waals surface area contributed by atoms with E-state index in [4.69, 9.17) is 0 Å². The summed E-state index contributed by atoms with van der Waals surface area (Å²) in [6.07, 6.45) is 4.07. The van der Waals surface area contributed by atoms with E-state index in [1.807, 2.05) is 24.4 Å². The van der Waals surface area contributed by atoms with Gasteiger partial charge in [0, 0.05) is 19.2 Å². The second-order valence-electron chi connectivity index (χ2n) is 6.04. The van der Waals surface area contributed by atoms with Crippen molar-refractivity contribution in [1.29, 1.82) is 0 Å². The molecule has 3 aromatic rings. The highest BCUT2D eigenvalue weighted by Crippen LogP contribution is 2.22. The monoisotopic (exact) mass is 348 g/mol. The van der Waals surface area contributed by atoms with Crippen molar-refractivity contribution in [2.75, 3.05) is 11.9 Å². The quantitative estimate of drug-likeness (QED) is 0.718. The van der Waals surface area contributed by atoms with Gasteiger partial charge in [-0.25, -0.2) is 4.98 Å². The Hall–Kier alpha value is -3.48. The summed E-state index contributed by atoms with van der Waals surface area (Å²) >= 11 is 0. The highest BCUT2D eigenvalue weighted by molar-refractivity contribution is 6.21. The molecule has 3 amide bonds. The average Bonchev–Trinajstić information content (AvgIpc) is 3.17. The molecule has 0 unspecified atom stereocenters. The van der Waals surface area contributed by atoms with Crippen LogP contribution >= 0.6 is 0 Å². The maximum absolute atomic E-state index is 12.3. The molecular formula is C19H16N4O3. The molecule has 7 nitrogen and oxygen atoms in total. The van der Waals surface area contributed by atoms with Crippen LogP contribution in [0.3, 0.4) is 0 Å². The SMILES string of the molecule is O=C(CCCN1C(=O)c2ccccc2C1=O)Nc1ncc2ccccn12. The van der Waals surface area contributed by atoms with Gasteiger partial charge in [-0.1, -0.05) is 18.2 Å². The van der Waals surface area contributed by atoms with Gasteiger partial charge in [0.2, 0.25) is 11.9 Å². The third-order valence-electron chi connectivity index (χ3n) is 4.35. The van der Waals surface area contributed by atoms with Gasteiger partial charge < -0.3 is 0 Å². The number of nitrogens with zero attached hydrogens (tertiary/aromatic N) is 3. The first-order valence-corrected chi connectivity index (χ1v) is 8.32. The number of imide groups is 1. The van der Waals surface area contributed by atoms with E-state index in [1.165, 1.54) is 4.90 Å². The number of aromatic nitrogens is 2. The molecule has 0 saturated heterocycles. The highest BCUT2D eigenvalue weighted by atomic mass is 16.2. The number of fused-ring (bicyclic) bond motifs is 2. The number of carbonyl (C=O) groups is 3. The zero-order valence-corrected chi connectivity index (χ0v) is 13.9. The van der Waals surface area contributed by atoms with Gasteiger partial charge in [-0.05, 0) is 30.7 Å². The van der Waals surface area contributed by atoms with E-state index in [-0.39, 0.29) is 30.7 Å². The third-order valence-corrected chi connectivity index (χ3v) is 4.35. The molecular weight excluding hydrogens is 332 g/mol. The fourth-order valence-corrected chi connectivity index (χ4v) is 3.06. The summed E-state index contributed by atoms with van der Waals surface area (Å²) in [5, 5.41) is 2.75. The fourth-order valence-electron chi connectivity index (χ4n) is 3.06. The number of carbonyl (C=O) groups excluding carboxylic acids is 3. The molecule has 1 aliphatic heterocycles. The Morgan fingerprint density at radius 3 is 2.42 bits per heavy atom. The summed E-state index contributed by atoms with van der Waals surface area (Å²) in [5.74, 6) is -0.361. The Kier molecular flexibility index (Phi) is 3.96. The van der Waals surface area contributed by atoms with E-state index in [9.17, 15) is 14.4 Å². The number of benzene rings is 1. The van der Waals surface area contributed by atoms with Gasteiger partial charge in [0.25, 0.3) is 11.8 Å². The molecule has 1 aliphatic rings. The summed E-state index contributed by atoms with van der Waals surface area (Å²) in [6.45, 7) is 0.210. The van der Waals surface area contributed by atoms with Gasteiger partial charge in [-0.2, -0.15) is 0 Å². The van der Waals surface area contributed by atoms with Gasteiger partial charge in [-0.3, -0.25) is 29.0 Å². The Morgan fingerprint density at radius 1 is 1.00 bits per heavy atom. The number of imidazole rings is 1. The summed E-state index contributed by atoms with van der Waals surface area (Å²) in [6, 6.07) is 12.4. The van der Waals surface area contributed by atoms with Crippen LogP contribution in [0.4, 0.5) is 5.95 Å². The van der Waals surface area contributed by atoms with Crippen LogP contribution < -0.4 is 5.32 Å². The minimum absolute atomic E-state index is 0.190. The van der Waals surface area contributed by atoms with Crippen molar-refractivity contribution in [2.24, 2.45) is 0 Å². The molecule has 0 radical (unpaired) electrons. The summed E-state index contributed by atoms with van der Waals surface area (Å²) < 4.78 is 1.78. The predicted octanol–water partition coefficient (Wildman–Crippen LogP) is 2.35. The van der Waals surface area contributed by atoms with Gasteiger partial charge in [0.05, 0.1) is 22.8 Å². The van der Waals surface area contributed by atoms with E-state index >= 15 is 0 Å². The molecule has 7 heteroatoms. The van der Waals surface area contributed by atoms with E-state index in [0.29, 0.717) is 23.5 Å². The number of rotatable bonds is 5. The highest BCUT2D eigenvalue weighted by Gasteiger charge is 2.34. The fraction of sp³-hybridized carbons (Fsp3) is 0.158. The molecule has 130 valence electrons. The molecule has 3 heterocycles. The Balaban J connectivity index is 1.35. The van der Waals surface area contributed by atoms with Crippen LogP contribution in [0.1, 0.15) is 33.6 Å². The van der Waals surface area contributed by atoms with Gasteiger partial charge in [0.1, 0.15) is 0 Å². The molecule has 1 N–H and O–H groups in total. The minimum atomic E-state index is -0.301. The summed E-state index contributed by atoms with van der Waals surface area (Å²) in [4.78, 5) is 42.1. The molecule has 0 aliphatic carbocycles. The van der Waals surface area contributed by atoms with Crippen LogP contribution in [0.5, 0.6) is 0 Å². The zero-order chi connectivity index (χ0) is 18.1. The van der Waals surface area contributed by atoms with Crippen molar-refractivity contribution < 1.29 is 14.4 Å². The van der Waals surface area contributed by atoms with Crippen LogP contribution in [0.15, 0.2) is 54.9 Å². The zero-order valence-electron chi connectivity index (χ0n) is 13.9. The molecule has 0 atom stereocenters. The minimum Gasteiger partial charge on any atom is -0.296 e. The van der Waals surface area contributed by atoms with Crippen molar-refractivity contribution in [3.8, 4) is 0 Å². The number of amides is 3. The number of anilines is 1. The number of pyridine rings is 1. The summed E-state index contributed by atoms with van der Waals surface area (Å²) in [7, 11) is 0. The maximum atomic E-state index is 12.3. The molecule has 0 spiro atoms. The molecule has 2 aromatic heterocycles.